The highest BCUT2D eigenvalue weighted by Gasteiger charge is 2.50. The first-order valence-corrected chi connectivity index (χ1v) is 15.2. The van der Waals surface area contributed by atoms with Crippen LogP contribution in [0.3, 0.4) is 0 Å². The van der Waals surface area contributed by atoms with Gasteiger partial charge < -0.3 is 0 Å². The molecule has 0 aromatic carbocycles. The van der Waals surface area contributed by atoms with Crippen molar-refractivity contribution in [3.63, 3.8) is 0 Å². The Labute approximate surface area is 230 Å². The van der Waals surface area contributed by atoms with Crippen LogP contribution in [0.25, 0.3) is 43.1 Å². The predicted octanol–water partition coefficient (Wildman–Crippen LogP) is 8.11. The molecule has 4 nitrogen and oxygen atoms in total. The van der Waals surface area contributed by atoms with E-state index in [4.69, 9.17) is 0 Å². The summed E-state index contributed by atoms with van der Waals surface area (Å²) in [6, 6.07) is 12.7. The minimum Gasteiger partial charge on any atom is -0.281 e. The average molecular weight is 606 g/mol. The maximum absolute atomic E-state index is 13.8. The molecule has 4 aliphatic heterocycles. The summed E-state index contributed by atoms with van der Waals surface area (Å²) in [6.07, 6.45) is 7.58. The first-order valence-electron chi connectivity index (χ1n) is 11.1. The molecule has 0 saturated carbocycles. The van der Waals surface area contributed by atoms with Gasteiger partial charge in [-0.25, -0.2) is 0 Å². The van der Waals surface area contributed by atoms with Gasteiger partial charge in [-0.3, -0.25) is 19.4 Å². The molecule has 8 heterocycles. The van der Waals surface area contributed by atoms with Crippen molar-refractivity contribution < 1.29 is 9.59 Å². The number of hydrogen-bond acceptors (Lipinski definition) is 6. The van der Waals surface area contributed by atoms with Gasteiger partial charge in [-0.05, 0) is 82.5 Å². The van der Waals surface area contributed by atoms with Crippen molar-refractivity contribution in [1.29, 1.82) is 0 Å². The van der Waals surface area contributed by atoms with Crippen LogP contribution < -0.4 is 0 Å². The van der Waals surface area contributed by atoms with E-state index in [1.54, 1.807) is 55.1 Å². The maximum atomic E-state index is 13.8. The lowest BCUT2D eigenvalue weighted by atomic mass is 10.0. The van der Waals surface area contributed by atoms with Gasteiger partial charge in [0.15, 0.2) is 0 Å². The number of fused-ring (bicyclic) bond motifs is 7. The van der Waals surface area contributed by atoms with Crippen molar-refractivity contribution in [3.8, 4) is 19.5 Å². The second kappa shape index (κ2) is 7.36. The lowest BCUT2D eigenvalue weighted by Gasteiger charge is -2.24. The Morgan fingerprint density at radius 1 is 0.667 bits per heavy atom. The topological polar surface area (TPSA) is 40.6 Å². The van der Waals surface area contributed by atoms with Crippen molar-refractivity contribution in [1.82, 2.24) is 9.80 Å². The Balaban J connectivity index is 1.33. The number of amides is 2. The van der Waals surface area contributed by atoms with E-state index in [0.29, 0.717) is 16.8 Å². The van der Waals surface area contributed by atoms with Gasteiger partial charge in [-0.1, -0.05) is 0 Å². The van der Waals surface area contributed by atoms with Crippen LogP contribution in [0.15, 0.2) is 63.7 Å². The summed E-state index contributed by atoms with van der Waals surface area (Å²) in [4.78, 5) is 38.7. The number of hydrogen-bond donors (Lipinski definition) is 0. The quantitative estimate of drug-likeness (QED) is 0.232. The fourth-order valence-electron chi connectivity index (χ4n) is 5.06. The Bertz CT molecular complexity index is 1690. The molecule has 0 spiro atoms. The first kappa shape index (κ1) is 21.3. The Kier molecular flexibility index (Phi) is 4.35. The lowest BCUT2D eigenvalue weighted by Crippen LogP contribution is -2.25. The number of carbonyl (C=O) groups excluding carboxylic acids is 2. The number of carbonyl (C=O) groups is 2. The standard InChI is InChI=1S/C27H13BrN2O2S4/c1-12-2-3-15(33-12)17-10-13-6-8-29-22(24(13)35-17)20-21(27(29)32)23-25-14(7-9-30(23)26(20)31)11-18(36-25)16-4-5-19(28)34-16/h2-11H,1H3. The van der Waals surface area contributed by atoms with Crippen LogP contribution >= 0.6 is 61.3 Å². The van der Waals surface area contributed by atoms with Crippen LogP contribution in [0.5, 0.6) is 0 Å². The monoisotopic (exact) mass is 604 g/mol. The van der Waals surface area contributed by atoms with E-state index in [0.717, 1.165) is 45.0 Å². The minimum atomic E-state index is -0.135. The van der Waals surface area contributed by atoms with Crippen LogP contribution in [0.1, 0.15) is 25.8 Å². The smallest absolute Gasteiger partial charge is 0.265 e. The van der Waals surface area contributed by atoms with Crippen molar-refractivity contribution in [2.45, 2.75) is 6.92 Å². The van der Waals surface area contributed by atoms with Crippen LogP contribution in [-0.4, -0.2) is 21.6 Å². The average Bonchev–Trinajstić information content (AvgIpc) is 3.67. The molecule has 2 amide bonds. The molecule has 0 radical (unpaired) electrons. The number of rotatable bonds is 2. The molecular formula is C27H13BrN2O2S4. The third kappa shape index (κ3) is 2.77. The van der Waals surface area contributed by atoms with E-state index < -0.39 is 0 Å². The Hall–Kier alpha value is -2.82. The summed E-state index contributed by atoms with van der Waals surface area (Å²) < 4.78 is 1.07. The molecule has 0 bridgehead atoms. The number of nitrogens with zero attached hydrogens (tertiary/aromatic N) is 2. The molecule has 0 atom stereocenters. The van der Waals surface area contributed by atoms with E-state index in [1.807, 2.05) is 30.6 Å². The summed E-state index contributed by atoms with van der Waals surface area (Å²) in [7, 11) is 0. The van der Waals surface area contributed by atoms with Gasteiger partial charge in [-0.2, -0.15) is 0 Å². The molecule has 174 valence electrons. The molecule has 4 aliphatic rings. The lowest BCUT2D eigenvalue weighted by molar-refractivity contribution is -0.122. The fraction of sp³-hybridized carbons (Fsp3) is 0.0370. The molecule has 4 aromatic heterocycles. The summed E-state index contributed by atoms with van der Waals surface area (Å²) in [5, 5.41) is 0. The molecule has 36 heavy (non-hydrogen) atoms. The number of halogens is 1. The first-order chi connectivity index (χ1) is 17.5. The molecule has 4 aromatic rings. The van der Waals surface area contributed by atoms with Gasteiger partial charge in [0, 0.05) is 36.8 Å². The zero-order valence-electron chi connectivity index (χ0n) is 18.5. The van der Waals surface area contributed by atoms with Gasteiger partial charge in [0.25, 0.3) is 11.8 Å². The van der Waals surface area contributed by atoms with Crippen LogP contribution in [-0.2, 0) is 9.59 Å². The van der Waals surface area contributed by atoms with Crippen molar-refractivity contribution >= 4 is 96.6 Å². The van der Waals surface area contributed by atoms with Crippen LogP contribution in [0.2, 0.25) is 0 Å². The van der Waals surface area contributed by atoms with E-state index in [-0.39, 0.29) is 11.8 Å². The zero-order chi connectivity index (χ0) is 24.3. The van der Waals surface area contributed by atoms with Gasteiger partial charge in [-0.15, -0.1) is 45.3 Å². The Morgan fingerprint density at radius 2 is 1.19 bits per heavy atom. The summed E-state index contributed by atoms with van der Waals surface area (Å²) >= 11 is 10.3. The summed E-state index contributed by atoms with van der Waals surface area (Å²) in [6.45, 7) is 2.10. The van der Waals surface area contributed by atoms with E-state index >= 15 is 0 Å². The van der Waals surface area contributed by atoms with Gasteiger partial charge in [0.2, 0.25) is 0 Å². The number of thiophene rings is 4. The summed E-state index contributed by atoms with van der Waals surface area (Å²) in [5.41, 5.74) is 4.56. The largest absolute Gasteiger partial charge is 0.281 e. The van der Waals surface area contributed by atoms with E-state index in [1.165, 1.54) is 9.75 Å². The summed E-state index contributed by atoms with van der Waals surface area (Å²) in [5.74, 6) is -0.269. The van der Waals surface area contributed by atoms with Crippen molar-refractivity contribution in [2.24, 2.45) is 0 Å². The van der Waals surface area contributed by atoms with Gasteiger partial charge in [0.1, 0.15) is 0 Å². The highest BCUT2D eigenvalue weighted by Crippen LogP contribution is 2.54. The zero-order valence-corrected chi connectivity index (χ0v) is 23.3. The van der Waals surface area contributed by atoms with Crippen LogP contribution in [0.4, 0.5) is 0 Å². The molecular weight excluding hydrogens is 592 g/mol. The molecule has 0 aliphatic carbocycles. The van der Waals surface area contributed by atoms with Gasteiger partial charge >= 0.3 is 0 Å². The highest BCUT2D eigenvalue weighted by molar-refractivity contribution is 9.11. The second-order valence-corrected chi connectivity index (χ2v) is 14.6. The third-order valence-corrected chi connectivity index (χ3v) is 12.0. The van der Waals surface area contributed by atoms with Crippen molar-refractivity contribution in [2.75, 3.05) is 0 Å². The van der Waals surface area contributed by atoms with Gasteiger partial charge in [0.05, 0.1) is 36.1 Å². The normalized spacial score (nSPS) is 17.3. The second-order valence-electron chi connectivity index (χ2n) is 8.73. The fourth-order valence-corrected chi connectivity index (χ4v) is 9.87. The Morgan fingerprint density at radius 3 is 1.67 bits per heavy atom. The van der Waals surface area contributed by atoms with Crippen LogP contribution in [0, 0.1) is 6.92 Å². The molecule has 0 unspecified atom stereocenters. The molecule has 0 N–H and O–H groups in total. The van der Waals surface area contributed by atoms with E-state index in [2.05, 4.69) is 53.2 Å². The third-order valence-electron chi connectivity index (χ3n) is 6.63. The predicted molar refractivity (Wildman–Crippen MR) is 153 cm³/mol. The highest BCUT2D eigenvalue weighted by atomic mass is 79.9. The molecule has 0 fully saturated rings. The maximum Gasteiger partial charge on any atom is 0.265 e. The molecule has 9 heteroatoms. The SMILES string of the molecule is Cc1ccc(-c2cc3c(s2)C2=C4C(=O)N5C=Cc6cc(-c7ccc(Br)s7)sc6C5=C4C(=O)N2C=C3)s1. The van der Waals surface area contributed by atoms with E-state index in [9.17, 15) is 9.59 Å². The number of aryl methyl sites for hydroxylation is 1. The molecule has 8 rings (SSSR count). The van der Waals surface area contributed by atoms with Crippen molar-refractivity contribution in [3.05, 3.63) is 89.5 Å². The minimum absolute atomic E-state index is 0.135. The molecule has 0 saturated heterocycles.